The van der Waals surface area contributed by atoms with Gasteiger partial charge in [0.15, 0.2) is 0 Å². The zero-order valence-corrected chi connectivity index (χ0v) is 14.7. The molecular weight excluding hydrogens is 339 g/mol. The predicted octanol–water partition coefficient (Wildman–Crippen LogP) is 3.99. The number of rotatable bonds is 3. The molecule has 0 bridgehead atoms. The van der Waals surface area contributed by atoms with Crippen LogP contribution >= 0.6 is 11.3 Å². The average molecular weight is 356 g/mol. The second-order valence-corrected chi connectivity index (χ2v) is 6.71. The van der Waals surface area contributed by atoms with E-state index in [1.165, 1.54) is 23.5 Å². The normalized spacial score (nSPS) is 10.7. The van der Waals surface area contributed by atoms with Crippen molar-refractivity contribution in [3.8, 4) is 0 Å². The molecule has 0 aliphatic carbocycles. The molecule has 0 aliphatic rings. The Morgan fingerprint density at radius 2 is 1.72 bits per heavy atom. The molecular formula is C19H17FN2O2S. The van der Waals surface area contributed by atoms with E-state index >= 15 is 0 Å². The van der Waals surface area contributed by atoms with Gasteiger partial charge in [-0.15, -0.1) is 11.3 Å². The number of hydrazine groups is 1. The summed E-state index contributed by atoms with van der Waals surface area (Å²) in [5, 5.41) is 0.705. The van der Waals surface area contributed by atoms with Crippen LogP contribution in [0.3, 0.4) is 0 Å². The number of halogens is 1. The van der Waals surface area contributed by atoms with E-state index in [0.29, 0.717) is 21.4 Å². The Balaban J connectivity index is 1.71. The molecule has 0 fully saturated rings. The van der Waals surface area contributed by atoms with E-state index in [9.17, 15) is 14.0 Å². The van der Waals surface area contributed by atoms with Crippen LogP contribution in [-0.4, -0.2) is 11.8 Å². The van der Waals surface area contributed by atoms with Crippen LogP contribution in [0.4, 0.5) is 4.39 Å². The molecule has 3 aromatic rings. The lowest BCUT2D eigenvalue weighted by atomic mass is 10.1. The number of thiophene rings is 1. The van der Waals surface area contributed by atoms with Gasteiger partial charge in [0.05, 0.1) is 4.88 Å². The average Bonchev–Trinajstić information content (AvgIpc) is 2.96. The third-order valence-corrected chi connectivity index (χ3v) is 5.29. The smallest absolute Gasteiger partial charge is 0.267 e. The number of amides is 2. The van der Waals surface area contributed by atoms with E-state index in [1.807, 2.05) is 19.1 Å². The molecule has 1 heterocycles. The zero-order chi connectivity index (χ0) is 18.0. The van der Waals surface area contributed by atoms with Crippen molar-refractivity contribution in [2.45, 2.75) is 20.3 Å². The minimum absolute atomic E-state index is 0.343. The van der Waals surface area contributed by atoms with Gasteiger partial charge in [0.25, 0.3) is 11.8 Å². The van der Waals surface area contributed by atoms with Gasteiger partial charge < -0.3 is 0 Å². The number of nitrogens with one attached hydrogen (secondary N) is 2. The van der Waals surface area contributed by atoms with Gasteiger partial charge in [0, 0.05) is 10.3 Å². The Labute approximate surface area is 148 Å². The van der Waals surface area contributed by atoms with Gasteiger partial charge >= 0.3 is 0 Å². The van der Waals surface area contributed by atoms with Crippen molar-refractivity contribution in [3.63, 3.8) is 0 Å². The molecule has 25 heavy (non-hydrogen) atoms. The van der Waals surface area contributed by atoms with Crippen LogP contribution in [0.1, 0.15) is 38.1 Å². The first-order valence-corrected chi connectivity index (χ1v) is 8.69. The third-order valence-electron chi connectivity index (χ3n) is 4.02. The second-order valence-electron chi connectivity index (χ2n) is 5.66. The first kappa shape index (κ1) is 17.1. The molecule has 4 nitrogen and oxygen atoms in total. The number of hydrogen-bond acceptors (Lipinski definition) is 3. The molecule has 2 amide bonds. The largest absolute Gasteiger partial charge is 0.280 e. The van der Waals surface area contributed by atoms with Crippen molar-refractivity contribution in [3.05, 3.63) is 69.8 Å². The topological polar surface area (TPSA) is 58.2 Å². The van der Waals surface area contributed by atoms with E-state index in [2.05, 4.69) is 10.9 Å². The van der Waals surface area contributed by atoms with E-state index in [1.54, 1.807) is 25.1 Å². The molecule has 2 aromatic carbocycles. The van der Waals surface area contributed by atoms with Crippen molar-refractivity contribution >= 4 is 33.2 Å². The van der Waals surface area contributed by atoms with Crippen LogP contribution in [0.15, 0.2) is 42.5 Å². The van der Waals surface area contributed by atoms with Crippen molar-refractivity contribution in [1.82, 2.24) is 10.9 Å². The number of carbonyl (C=O) groups is 2. The predicted molar refractivity (Wildman–Crippen MR) is 97.3 cm³/mol. The lowest BCUT2D eigenvalue weighted by molar-refractivity contribution is 0.0848. The highest BCUT2D eigenvalue weighted by Gasteiger charge is 2.16. The van der Waals surface area contributed by atoms with Gasteiger partial charge in [-0.2, -0.15) is 0 Å². The summed E-state index contributed by atoms with van der Waals surface area (Å²) in [6, 6.07) is 11.6. The molecule has 3 rings (SSSR count). The molecule has 0 unspecified atom stereocenters. The number of benzene rings is 2. The number of hydrogen-bond donors (Lipinski definition) is 2. The standard InChI is InChI=1S/C19H17FN2O2S/c1-3-12-4-6-13(7-5-12)18(23)21-22-19(24)17-11(2)15-10-14(20)8-9-16(15)25-17/h4-10H,3H2,1-2H3,(H,21,23)(H,22,24). The number of aryl methyl sites for hydroxylation is 2. The maximum Gasteiger partial charge on any atom is 0.280 e. The maximum absolute atomic E-state index is 13.4. The molecule has 0 atom stereocenters. The lowest BCUT2D eigenvalue weighted by Crippen LogP contribution is -2.41. The molecule has 1 aromatic heterocycles. The fourth-order valence-corrected chi connectivity index (χ4v) is 3.63. The Morgan fingerprint density at radius 1 is 1.04 bits per heavy atom. The van der Waals surface area contributed by atoms with Gasteiger partial charge in [-0.05, 0) is 60.2 Å². The molecule has 0 spiro atoms. The molecule has 2 N–H and O–H groups in total. The Bertz CT molecular complexity index is 948. The molecule has 128 valence electrons. The van der Waals surface area contributed by atoms with Crippen molar-refractivity contribution in [2.24, 2.45) is 0 Å². The fourth-order valence-electron chi connectivity index (χ4n) is 2.54. The monoisotopic (exact) mass is 356 g/mol. The molecule has 6 heteroatoms. The highest BCUT2D eigenvalue weighted by atomic mass is 32.1. The fraction of sp³-hybridized carbons (Fsp3) is 0.158. The first-order valence-electron chi connectivity index (χ1n) is 7.88. The Kier molecular flexibility index (Phi) is 4.81. The van der Waals surface area contributed by atoms with E-state index in [0.717, 1.165) is 16.7 Å². The van der Waals surface area contributed by atoms with Crippen molar-refractivity contribution in [1.29, 1.82) is 0 Å². The SMILES string of the molecule is CCc1ccc(C(=O)NNC(=O)c2sc3ccc(F)cc3c2C)cc1. The Morgan fingerprint density at radius 3 is 2.40 bits per heavy atom. The van der Waals surface area contributed by atoms with Crippen molar-refractivity contribution in [2.75, 3.05) is 0 Å². The van der Waals surface area contributed by atoms with Gasteiger partial charge in [-0.3, -0.25) is 20.4 Å². The number of fused-ring (bicyclic) bond motifs is 1. The van der Waals surface area contributed by atoms with Gasteiger partial charge in [0.1, 0.15) is 5.82 Å². The van der Waals surface area contributed by atoms with Crippen LogP contribution < -0.4 is 10.9 Å². The minimum Gasteiger partial charge on any atom is -0.267 e. The summed E-state index contributed by atoms with van der Waals surface area (Å²) < 4.78 is 14.2. The van der Waals surface area contributed by atoms with Crippen LogP contribution in [0.2, 0.25) is 0 Å². The molecule has 0 saturated carbocycles. The highest BCUT2D eigenvalue weighted by Crippen LogP contribution is 2.31. The quantitative estimate of drug-likeness (QED) is 0.697. The van der Waals surface area contributed by atoms with Crippen LogP contribution in [0.5, 0.6) is 0 Å². The summed E-state index contributed by atoms with van der Waals surface area (Å²) in [6.07, 6.45) is 0.893. The van der Waals surface area contributed by atoms with E-state index in [4.69, 9.17) is 0 Å². The summed E-state index contributed by atoms with van der Waals surface area (Å²) in [7, 11) is 0. The van der Waals surface area contributed by atoms with Crippen molar-refractivity contribution < 1.29 is 14.0 Å². The van der Waals surface area contributed by atoms with E-state index < -0.39 is 5.91 Å². The van der Waals surface area contributed by atoms with Gasteiger partial charge in [0.2, 0.25) is 0 Å². The summed E-state index contributed by atoms with van der Waals surface area (Å²) >= 11 is 1.26. The van der Waals surface area contributed by atoms with Crippen LogP contribution in [0.25, 0.3) is 10.1 Å². The minimum atomic E-state index is -0.419. The Hall–Kier alpha value is -2.73. The second kappa shape index (κ2) is 7.03. The molecule has 0 saturated heterocycles. The van der Waals surface area contributed by atoms with Gasteiger partial charge in [-0.1, -0.05) is 19.1 Å². The van der Waals surface area contributed by atoms with Crippen LogP contribution in [0, 0.1) is 12.7 Å². The maximum atomic E-state index is 13.4. The first-order chi connectivity index (χ1) is 12.0. The highest BCUT2D eigenvalue weighted by molar-refractivity contribution is 7.21. The summed E-state index contributed by atoms with van der Waals surface area (Å²) in [6.45, 7) is 3.80. The zero-order valence-electron chi connectivity index (χ0n) is 13.9. The summed E-state index contributed by atoms with van der Waals surface area (Å²) in [5.41, 5.74) is 7.12. The van der Waals surface area contributed by atoms with Gasteiger partial charge in [-0.25, -0.2) is 4.39 Å². The third kappa shape index (κ3) is 3.53. The number of carbonyl (C=O) groups excluding carboxylic acids is 2. The lowest BCUT2D eigenvalue weighted by Gasteiger charge is -2.07. The summed E-state index contributed by atoms with van der Waals surface area (Å²) in [4.78, 5) is 24.9. The molecule has 0 radical (unpaired) electrons. The molecule has 0 aliphatic heterocycles. The van der Waals surface area contributed by atoms with E-state index in [-0.39, 0.29) is 11.7 Å². The summed E-state index contributed by atoms with van der Waals surface area (Å²) in [5.74, 6) is -1.15. The van der Waals surface area contributed by atoms with Crippen LogP contribution in [-0.2, 0) is 6.42 Å².